The van der Waals surface area contributed by atoms with Gasteiger partial charge in [0, 0.05) is 20.8 Å². The highest BCUT2D eigenvalue weighted by molar-refractivity contribution is 5.68. The Balaban J connectivity index is 2.86. The van der Waals surface area contributed by atoms with E-state index in [1.165, 1.54) is 6.92 Å². The first kappa shape index (κ1) is 16.7. The van der Waals surface area contributed by atoms with Gasteiger partial charge in [-0.2, -0.15) is 0 Å². The molecule has 1 aliphatic rings. The van der Waals surface area contributed by atoms with Crippen molar-refractivity contribution in [2.24, 2.45) is 0 Å². The Morgan fingerprint density at radius 1 is 1.14 bits per heavy atom. The average molecular weight is 304 g/mol. The highest BCUT2D eigenvalue weighted by Crippen LogP contribution is 2.19. The molecular formula is C12H16O9. The first-order valence-corrected chi connectivity index (χ1v) is 6.10. The summed E-state index contributed by atoms with van der Waals surface area (Å²) >= 11 is 0. The van der Waals surface area contributed by atoms with E-state index in [4.69, 9.17) is 18.9 Å². The fourth-order valence-corrected chi connectivity index (χ4v) is 1.70. The van der Waals surface area contributed by atoms with E-state index in [-0.39, 0.29) is 13.2 Å². The maximum atomic E-state index is 11.2. The Hall–Kier alpha value is -2.32. The quantitative estimate of drug-likeness (QED) is 0.492. The van der Waals surface area contributed by atoms with Crippen LogP contribution in [0.5, 0.6) is 0 Å². The van der Waals surface area contributed by atoms with Gasteiger partial charge in [-0.05, 0) is 0 Å². The van der Waals surface area contributed by atoms with Crippen molar-refractivity contribution in [1.82, 2.24) is 0 Å². The second kappa shape index (κ2) is 7.46. The summed E-state index contributed by atoms with van der Waals surface area (Å²) in [5, 5.41) is 0. The molecule has 118 valence electrons. The van der Waals surface area contributed by atoms with Gasteiger partial charge in [-0.3, -0.25) is 14.4 Å². The Labute approximate surface area is 120 Å². The van der Waals surface area contributed by atoms with E-state index in [9.17, 15) is 19.2 Å². The molecule has 3 atom stereocenters. The smallest absolute Gasteiger partial charge is 0.462 e. The summed E-state index contributed by atoms with van der Waals surface area (Å²) in [6.45, 7) is 2.93. The van der Waals surface area contributed by atoms with E-state index in [2.05, 4.69) is 4.74 Å². The van der Waals surface area contributed by atoms with Crippen molar-refractivity contribution >= 4 is 24.1 Å². The van der Waals surface area contributed by atoms with Crippen LogP contribution in [-0.4, -0.2) is 55.6 Å². The third kappa shape index (κ3) is 5.67. The Bertz CT molecular complexity index is 430. The van der Waals surface area contributed by atoms with E-state index < -0.39 is 42.4 Å². The Morgan fingerprint density at radius 3 is 2.19 bits per heavy atom. The molecule has 1 heterocycles. The highest BCUT2D eigenvalue weighted by atomic mass is 16.8. The zero-order valence-corrected chi connectivity index (χ0v) is 11.8. The molecule has 1 fully saturated rings. The predicted octanol–water partition coefficient (Wildman–Crippen LogP) is -0.0517. The molecule has 1 aliphatic heterocycles. The molecule has 21 heavy (non-hydrogen) atoms. The Morgan fingerprint density at radius 2 is 1.76 bits per heavy atom. The second-order valence-corrected chi connectivity index (χ2v) is 4.24. The predicted molar refractivity (Wildman–Crippen MR) is 64.0 cm³/mol. The summed E-state index contributed by atoms with van der Waals surface area (Å²) in [4.78, 5) is 44.1. The van der Waals surface area contributed by atoms with Crippen molar-refractivity contribution < 1.29 is 42.9 Å². The van der Waals surface area contributed by atoms with Crippen LogP contribution >= 0.6 is 0 Å². The third-order valence-electron chi connectivity index (χ3n) is 2.42. The lowest BCUT2D eigenvalue weighted by Crippen LogP contribution is -2.46. The van der Waals surface area contributed by atoms with Gasteiger partial charge in [-0.25, -0.2) is 4.79 Å². The van der Waals surface area contributed by atoms with Crippen LogP contribution < -0.4 is 0 Å². The normalized spacial score (nSPS) is 19.8. The molecule has 9 heteroatoms. The summed E-state index contributed by atoms with van der Waals surface area (Å²) in [5.74, 6) is -1.95. The van der Waals surface area contributed by atoms with E-state index in [1.807, 2.05) is 0 Å². The van der Waals surface area contributed by atoms with Crippen molar-refractivity contribution in [3.05, 3.63) is 0 Å². The molecule has 0 saturated carbocycles. The van der Waals surface area contributed by atoms with E-state index in [1.54, 1.807) is 0 Å². The van der Waals surface area contributed by atoms with Gasteiger partial charge >= 0.3 is 24.1 Å². The first-order valence-electron chi connectivity index (χ1n) is 6.10. The minimum Gasteiger partial charge on any atom is -0.462 e. The lowest BCUT2D eigenvalue weighted by molar-refractivity contribution is -0.180. The summed E-state index contributed by atoms with van der Waals surface area (Å²) in [6.07, 6.45) is -4.14. The molecule has 1 saturated heterocycles. The molecule has 0 unspecified atom stereocenters. The van der Waals surface area contributed by atoms with Gasteiger partial charge in [0.25, 0.3) is 0 Å². The average Bonchev–Trinajstić information content (AvgIpc) is 2.77. The Kier molecular flexibility index (Phi) is 5.94. The van der Waals surface area contributed by atoms with Crippen molar-refractivity contribution in [2.45, 2.75) is 39.1 Å². The van der Waals surface area contributed by atoms with Crippen molar-refractivity contribution in [2.75, 3.05) is 13.2 Å². The van der Waals surface area contributed by atoms with Gasteiger partial charge in [-0.15, -0.1) is 0 Å². The molecule has 0 amide bonds. The molecule has 0 aromatic rings. The zero-order chi connectivity index (χ0) is 16.0. The number of ether oxygens (including phenoxy) is 5. The molecule has 0 aliphatic carbocycles. The fourth-order valence-electron chi connectivity index (χ4n) is 1.70. The topological polar surface area (TPSA) is 114 Å². The molecule has 0 N–H and O–H groups in total. The van der Waals surface area contributed by atoms with E-state index >= 15 is 0 Å². The number of hydrogen-bond acceptors (Lipinski definition) is 9. The number of cyclic esters (lactones) is 2. The number of carbonyl (C=O) groups is 4. The first-order chi connectivity index (χ1) is 9.79. The van der Waals surface area contributed by atoms with Crippen LogP contribution in [-0.2, 0) is 38.1 Å². The molecule has 0 radical (unpaired) electrons. The minimum atomic E-state index is -1.14. The monoisotopic (exact) mass is 304 g/mol. The summed E-state index contributed by atoms with van der Waals surface area (Å²) in [6, 6.07) is 0. The number of hydrogen-bond donors (Lipinski definition) is 0. The van der Waals surface area contributed by atoms with Gasteiger partial charge in [0.1, 0.15) is 13.2 Å². The fraction of sp³-hybridized carbons (Fsp3) is 0.667. The summed E-state index contributed by atoms with van der Waals surface area (Å²) in [5.41, 5.74) is 0. The zero-order valence-electron chi connectivity index (χ0n) is 11.8. The summed E-state index contributed by atoms with van der Waals surface area (Å²) < 4.78 is 24.2. The van der Waals surface area contributed by atoms with E-state index in [0.717, 1.165) is 13.8 Å². The largest absolute Gasteiger partial charge is 0.508 e. The number of esters is 3. The number of carbonyl (C=O) groups excluding carboxylic acids is 4. The van der Waals surface area contributed by atoms with Crippen LogP contribution in [0.25, 0.3) is 0 Å². The van der Waals surface area contributed by atoms with E-state index in [0.29, 0.717) is 0 Å². The lowest BCUT2D eigenvalue weighted by atomic mass is 10.1. The van der Waals surface area contributed by atoms with Gasteiger partial charge in [0.05, 0.1) is 0 Å². The molecule has 0 spiro atoms. The molecule has 9 nitrogen and oxygen atoms in total. The second-order valence-electron chi connectivity index (χ2n) is 4.24. The molecular weight excluding hydrogens is 288 g/mol. The van der Waals surface area contributed by atoms with Crippen molar-refractivity contribution in [1.29, 1.82) is 0 Å². The van der Waals surface area contributed by atoms with Crippen LogP contribution in [0.4, 0.5) is 4.79 Å². The third-order valence-corrected chi connectivity index (χ3v) is 2.42. The maximum Gasteiger partial charge on any atom is 0.508 e. The van der Waals surface area contributed by atoms with Crippen LogP contribution in [0.15, 0.2) is 0 Å². The van der Waals surface area contributed by atoms with Crippen molar-refractivity contribution in [3.63, 3.8) is 0 Å². The van der Waals surface area contributed by atoms with Gasteiger partial charge < -0.3 is 23.7 Å². The van der Waals surface area contributed by atoms with Gasteiger partial charge in [0.2, 0.25) is 0 Å². The van der Waals surface area contributed by atoms with Crippen LogP contribution in [0.2, 0.25) is 0 Å². The number of rotatable bonds is 6. The highest BCUT2D eigenvalue weighted by Gasteiger charge is 2.42. The SMILES string of the molecule is CC(=O)OC[C@@H](OC(C)=O)[C@H](OC(C)=O)[C@@H]1COC(=O)O1. The molecule has 0 aromatic carbocycles. The van der Waals surface area contributed by atoms with Gasteiger partial charge in [0.15, 0.2) is 18.3 Å². The van der Waals surface area contributed by atoms with Crippen LogP contribution in [0, 0.1) is 0 Å². The maximum absolute atomic E-state index is 11.2. The summed E-state index contributed by atoms with van der Waals surface area (Å²) in [7, 11) is 0. The van der Waals surface area contributed by atoms with Crippen LogP contribution in [0.1, 0.15) is 20.8 Å². The lowest BCUT2D eigenvalue weighted by Gasteiger charge is -2.27. The van der Waals surface area contributed by atoms with Crippen molar-refractivity contribution in [3.8, 4) is 0 Å². The molecule has 1 rings (SSSR count). The van der Waals surface area contributed by atoms with Crippen LogP contribution in [0.3, 0.4) is 0 Å². The standard InChI is InChI=1S/C12H16O9/c1-6(13)17-4-9(19-7(2)14)11(20-8(3)15)10-5-18-12(16)21-10/h9-11H,4-5H2,1-3H3/t9-,10+,11+/m1/s1. The molecule has 0 aromatic heterocycles. The minimum absolute atomic E-state index is 0.172. The van der Waals surface area contributed by atoms with Gasteiger partial charge in [-0.1, -0.05) is 0 Å². The molecule has 0 bridgehead atoms.